The van der Waals surface area contributed by atoms with Gasteiger partial charge < -0.3 is 5.32 Å². The van der Waals surface area contributed by atoms with Gasteiger partial charge in [0.05, 0.1) is 5.71 Å². The van der Waals surface area contributed by atoms with Crippen molar-refractivity contribution in [1.82, 2.24) is 5.43 Å². The number of nitrogens with one attached hydrogen (secondary N) is 2. The van der Waals surface area contributed by atoms with Crippen molar-refractivity contribution in [2.24, 2.45) is 5.10 Å². The third-order valence-electron chi connectivity index (χ3n) is 3.86. The largest absolute Gasteiger partial charge is 0.326 e. The molecular weight excluding hydrogens is 394 g/mol. The van der Waals surface area contributed by atoms with E-state index in [1.54, 1.807) is 0 Å². The summed E-state index contributed by atoms with van der Waals surface area (Å²) in [5, 5.41) is 6.92. The molecule has 2 aromatic rings. The molecule has 2 rings (SSSR count). The van der Waals surface area contributed by atoms with E-state index in [1.165, 1.54) is 0 Å². The summed E-state index contributed by atoms with van der Waals surface area (Å²) in [7, 11) is 0. The first kappa shape index (κ1) is 19.8. The summed E-state index contributed by atoms with van der Waals surface area (Å²) in [6, 6.07) is 13.5. The Labute approximate surface area is 162 Å². The lowest BCUT2D eigenvalue weighted by Gasteiger charge is -2.09. The maximum Gasteiger partial charge on any atom is 0.240 e. The fourth-order valence-corrected chi connectivity index (χ4v) is 2.53. The average Bonchev–Trinajstić information content (AvgIpc) is 2.61. The maximum atomic E-state index is 12.0. The average molecular weight is 416 g/mol. The van der Waals surface area contributed by atoms with Gasteiger partial charge in [-0.1, -0.05) is 40.2 Å². The molecule has 0 fully saturated rings. The van der Waals surface area contributed by atoms with Gasteiger partial charge >= 0.3 is 0 Å². The van der Waals surface area contributed by atoms with Crippen molar-refractivity contribution in [3.63, 3.8) is 0 Å². The zero-order valence-electron chi connectivity index (χ0n) is 15.1. The fraction of sp³-hybridized carbons (Fsp3) is 0.250. The summed E-state index contributed by atoms with van der Waals surface area (Å²) >= 11 is 3.38. The molecule has 0 radical (unpaired) electrons. The molecule has 136 valence electrons. The molecule has 0 unspecified atom stereocenters. The molecule has 0 saturated heterocycles. The number of hydrazone groups is 1. The van der Waals surface area contributed by atoms with Crippen LogP contribution < -0.4 is 10.7 Å². The summed E-state index contributed by atoms with van der Waals surface area (Å²) in [5.41, 5.74) is 6.95. The molecule has 0 spiro atoms. The maximum absolute atomic E-state index is 12.0. The van der Waals surface area contributed by atoms with E-state index in [9.17, 15) is 9.59 Å². The Morgan fingerprint density at radius 2 is 1.65 bits per heavy atom. The van der Waals surface area contributed by atoms with Crippen LogP contribution in [0.25, 0.3) is 0 Å². The highest BCUT2D eigenvalue weighted by Crippen LogP contribution is 2.16. The highest BCUT2D eigenvalue weighted by atomic mass is 79.9. The Hall–Kier alpha value is -2.47. The van der Waals surface area contributed by atoms with Gasteiger partial charge in [0.25, 0.3) is 0 Å². The lowest BCUT2D eigenvalue weighted by molar-refractivity contribution is -0.124. The van der Waals surface area contributed by atoms with Crippen molar-refractivity contribution in [1.29, 1.82) is 0 Å². The fourth-order valence-electron chi connectivity index (χ4n) is 2.27. The van der Waals surface area contributed by atoms with Crippen LogP contribution in [0.1, 0.15) is 36.5 Å². The first-order chi connectivity index (χ1) is 12.3. The molecular formula is C20H22BrN3O2. The predicted molar refractivity (Wildman–Crippen MR) is 108 cm³/mol. The third kappa shape index (κ3) is 6.11. The van der Waals surface area contributed by atoms with Crippen LogP contribution in [-0.4, -0.2) is 17.5 Å². The monoisotopic (exact) mass is 415 g/mol. The van der Waals surface area contributed by atoms with E-state index >= 15 is 0 Å². The van der Waals surface area contributed by atoms with Crippen LogP contribution in [0.15, 0.2) is 52.0 Å². The van der Waals surface area contributed by atoms with Gasteiger partial charge in [0, 0.05) is 23.0 Å². The Kier molecular flexibility index (Phi) is 7.09. The van der Waals surface area contributed by atoms with Crippen LogP contribution in [0, 0.1) is 13.8 Å². The van der Waals surface area contributed by atoms with E-state index < -0.39 is 0 Å². The highest BCUT2D eigenvalue weighted by Gasteiger charge is 2.09. The van der Waals surface area contributed by atoms with Gasteiger partial charge in [-0.15, -0.1) is 0 Å². The van der Waals surface area contributed by atoms with Crippen LogP contribution >= 0.6 is 15.9 Å². The topological polar surface area (TPSA) is 70.6 Å². The Morgan fingerprint density at radius 3 is 2.35 bits per heavy atom. The molecule has 0 aromatic heterocycles. The lowest BCUT2D eigenvalue weighted by Crippen LogP contribution is -2.22. The van der Waals surface area contributed by atoms with Crippen LogP contribution in [0.2, 0.25) is 0 Å². The van der Waals surface area contributed by atoms with Crippen molar-refractivity contribution < 1.29 is 9.59 Å². The van der Waals surface area contributed by atoms with Crippen molar-refractivity contribution >= 4 is 39.1 Å². The molecule has 2 N–H and O–H groups in total. The first-order valence-corrected chi connectivity index (χ1v) is 9.10. The van der Waals surface area contributed by atoms with Gasteiger partial charge in [-0.3, -0.25) is 9.59 Å². The van der Waals surface area contributed by atoms with Crippen molar-refractivity contribution in [2.45, 2.75) is 33.6 Å². The van der Waals surface area contributed by atoms with Gasteiger partial charge in [0.1, 0.15) is 0 Å². The molecule has 0 heterocycles. The number of carbonyl (C=O) groups excluding carboxylic acids is 2. The number of amides is 2. The number of anilines is 1. The van der Waals surface area contributed by atoms with Crippen LogP contribution in [0.4, 0.5) is 5.69 Å². The number of nitrogens with zero attached hydrogens (tertiary/aromatic N) is 1. The second kappa shape index (κ2) is 9.29. The number of halogens is 1. The molecule has 0 aliphatic rings. The number of aryl methyl sites for hydroxylation is 2. The van der Waals surface area contributed by atoms with Crippen LogP contribution in [0.5, 0.6) is 0 Å². The van der Waals surface area contributed by atoms with E-state index in [4.69, 9.17) is 0 Å². The molecule has 5 nitrogen and oxygen atoms in total. The quantitative estimate of drug-likeness (QED) is 0.544. The zero-order valence-corrected chi connectivity index (χ0v) is 16.7. The molecule has 26 heavy (non-hydrogen) atoms. The Morgan fingerprint density at radius 1 is 1.00 bits per heavy atom. The third-order valence-corrected chi connectivity index (χ3v) is 4.39. The molecule has 2 amide bonds. The molecule has 2 aromatic carbocycles. The van der Waals surface area contributed by atoms with Gasteiger partial charge in [-0.2, -0.15) is 5.10 Å². The Bertz CT molecular complexity index is 829. The van der Waals surface area contributed by atoms with E-state index in [1.807, 2.05) is 63.2 Å². The van der Waals surface area contributed by atoms with E-state index in [0.29, 0.717) is 5.71 Å². The van der Waals surface area contributed by atoms with Crippen molar-refractivity contribution in [3.8, 4) is 0 Å². The molecule has 0 saturated carbocycles. The Balaban J connectivity index is 1.82. The smallest absolute Gasteiger partial charge is 0.240 e. The molecule has 0 atom stereocenters. The number of hydrogen-bond acceptors (Lipinski definition) is 3. The predicted octanol–water partition coefficient (Wildman–Crippen LogP) is 4.33. The molecule has 0 aliphatic heterocycles. The normalized spacial score (nSPS) is 11.2. The minimum absolute atomic E-state index is 0.0772. The number of hydrogen-bond donors (Lipinski definition) is 2. The number of carbonyl (C=O) groups is 2. The van der Waals surface area contributed by atoms with Gasteiger partial charge in [-0.25, -0.2) is 5.43 Å². The molecule has 0 aliphatic carbocycles. The van der Waals surface area contributed by atoms with Gasteiger partial charge in [-0.05, 0) is 55.7 Å². The van der Waals surface area contributed by atoms with E-state index in [2.05, 4.69) is 31.8 Å². The van der Waals surface area contributed by atoms with Crippen molar-refractivity contribution in [2.75, 3.05) is 5.32 Å². The van der Waals surface area contributed by atoms with Gasteiger partial charge in [0.2, 0.25) is 11.8 Å². The lowest BCUT2D eigenvalue weighted by atomic mass is 10.1. The highest BCUT2D eigenvalue weighted by molar-refractivity contribution is 9.10. The second-order valence-corrected chi connectivity index (χ2v) is 7.02. The SMILES string of the molecule is C/C(=N/NC(=O)CCC(=O)Nc1cc(C)ccc1C)c1ccc(Br)cc1. The van der Waals surface area contributed by atoms with Crippen LogP contribution in [-0.2, 0) is 9.59 Å². The second-order valence-electron chi connectivity index (χ2n) is 6.11. The minimum Gasteiger partial charge on any atom is -0.326 e. The summed E-state index contributed by atoms with van der Waals surface area (Å²) in [6.07, 6.45) is 0.180. The van der Waals surface area contributed by atoms with E-state index in [-0.39, 0.29) is 24.7 Å². The number of rotatable bonds is 6. The molecule has 6 heteroatoms. The summed E-state index contributed by atoms with van der Waals surface area (Å²) in [6.45, 7) is 5.71. The zero-order chi connectivity index (χ0) is 19.1. The summed E-state index contributed by atoms with van der Waals surface area (Å²) in [4.78, 5) is 23.9. The van der Waals surface area contributed by atoms with Crippen molar-refractivity contribution in [3.05, 3.63) is 63.6 Å². The van der Waals surface area contributed by atoms with E-state index in [0.717, 1.165) is 26.9 Å². The van der Waals surface area contributed by atoms with Crippen LogP contribution in [0.3, 0.4) is 0 Å². The summed E-state index contributed by atoms with van der Waals surface area (Å²) in [5.74, 6) is -0.486. The number of benzene rings is 2. The summed E-state index contributed by atoms with van der Waals surface area (Å²) < 4.78 is 0.980. The minimum atomic E-state index is -0.294. The standard InChI is InChI=1S/C20H22BrN3O2/c1-13-4-5-14(2)18(12-13)22-19(25)10-11-20(26)24-23-15(3)16-6-8-17(21)9-7-16/h4-9,12H,10-11H2,1-3H3,(H,22,25)(H,24,26)/b23-15-. The van der Waals surface area contributed by atoms with Gasteiger partial charge in [0.15, 0.2) is 0 Å². The molecule has 0 bridgehead atoms. The first-order valence-electron chi connectivity index (χ1n) is 8.31.